The average Bonchev–Trinajstić information content (AvgIpc) is 2.81. The maximum absolute atomic E-state index is 12.8. The van der Waals surface area contributed by atoms with E-state index in [2.05, 4.69) is 23.7 Å². The van der Waals surface area contributed by atoms with Crippen LogP contribution in [0.5, 0.6) is 0 Å². The summed E-state index contributed by atoms with van der Waals surface area (Å²) in [7, 11) is 0. The Morgan fingerprint density at radius 3 is 2.39 bits per heavy atom. The summed E-state index contributed by atoms with van der Waals surface area (Å²) in [6, 6.07) is 7.50. The number of nitrogens with zero attached hydrogens (tertiary/aromatic N) is 3. The normalized spacial score (nSPS) is 14.2. The maximum atomic E-state index is 12.8. The van der Waals surface area contributed by atoms with Crippen molar-refractivity contribution in [3.05, 3.63) is 41.1 Å². The van der Waals surface area contributed by atoms with E-state index in [0.717, 1.165) is 24.0 Å². The minimum atomic E-state index is -0.215. The molecule has 120 valence electrons. The van der Waals surface area contributed by atoms with Crippen LogP contribution in [0.4, 0.5) is 0 Å². The molecule has 0 N–H and O–H groups in total. The van der Waals surface area contributed by atoms with Crippen molar-refractivity contribution in [2.45, 2.75) is 20.8 Å². The molecule has 0 unspecified atom stereocenters. The van der Waals surface area contributed by atoms with Gasteiger partial charge in [-0.15, -0.1) is 0 Å². The van der Waals surface area contributed by atoms with Gasteiger partial charge in [0, 0.05) is 18.5 Å². The van der Waals surface area contributed by atoms with Crippen LogP contribution in [0, 0.1) is 6.92 Å². The monoisotopic (exact) mass is 311 g/mol. The summed E-state index contributed by atoms with van der Waals surface area (Å²) < 4.78 is 0. The van der Waals surface area contributed by atoms with Crippen molar-refractivity contribution >= 4 is 22.7 Å². The molecule has 2 heterocycles. The summed E-state index contributed by atoms with van der Waals surface area (Å²) in [5.74, 6) is -0.410. The first-order valence-electron chi connectivity index (χ1n) is 8.06. The van der Waals surface area contributed by atoms with Crippen molar-refractivity contribution in [1.29, 1.82) is 0 Å². The molecule has 2 aromatic rings. The summed E-state index contributed by atoms with van der Waals surface area (Å²) in [6.45, 7) is 8.88. The molecule has 1 aromatic heterocycles. The summed E-state index contributed by atoms with van der Waals surface area (Å²) in [6.07, 6.45) is 0. The van der Waals surface area contributed by atoms with Crippen LogP contribution < -0.4 is 0 Å². The van der Waals surface area contributed by atoms with E-state index in [1.54, 1.807) is 6.92 Å². The van der Waals surface area contributed by atoms with Crippen molar-refractivity contribution in [2.75, 3.05) is 26.2 Å². The zero-order chi connectivity index (χ0) is 16.6. The summed E-state index contributed by atoms with van der Waals surface area (Å²) in [5, 5.41) is 0.761. The number of likely N-dealkylation sites (N-methyl/N-ethyl adjacent to an activating group) is 1. The van der Waals surface area contributed by atoms with Crippen LogP contribution in [-0.4, -0.2) is 52.8 Å². The Balaban J connectivity index is 2.00. The highest BCUT2D eigenvalue weighted by Gasteiger charge is 2.38. The van der Waals surface area contributed by atoms with Crippen LogP contribution in [0.2, 0.25) is 0 Å². The second kappa shape index (κ2) is 6.08. The topological polar surface area (TPSA) is 53.5 Å². The van der Waals surface area contributed by atoms with Crippen LogP contribution in [0.3, 0.4) is 0 Å². The molecule has 0 saturated carbocycles. The van der Waals surface area contributed by atoms with Gasteiger partial charge in [0.2, 0.25) is 0 Å². The quantitative estimate of drug-likeness (QED) is 0.796. The average molecular weight is 311 g/mol. The number of carbonyl (C=O) groups excluding carboxylic acids is 2. The predicted octanol–water partition coefficient (Wildman–Crippen LogP) is 2.48. The zero-order valence-electron chi connectivity index (χ0n) is 13.8. The van der Waals surface area contributed by atoms with Crippen LogP contribution in [0.15, 0.2) is 24.3 Å². The minimum absolute atomic E-state index is 0.196. The molecule has 0 saturated heterocycles. The molecule has 0 bridgehead atoms. The van der Waals surface area contributed by atoms with E-state index in [-0.39, 0.29) is 11.8 Å². The molecule has 0 fully saturated rings. The van der Waals surface area contributed by atoms with E-state index < -0.39 is 0 Å². The summed E-state index contributed by atoms with van der Waals surface area (Å²) in [5.41, 5.74) is 2.36. The summed E-state index contributed by atoms with van der Waals surface area (Å²) >= 11 is 0. The Kier molecular flexibility index (Phi) is 4.13. The van der Waals surface area contributed by atoms with Crippen molar-refractivity contribution in [2.24, 2.45) is 0 Å². The number of imide groups is 1. The number of pyridine rings is 1. The van der Waals surface area contributed by atoms with Gasteiger partial charge in [0.05, 0.1) is 22.3 Å². The van der Waals surface area contributed by atoms with Crippen LogP contribution >= 0.6 is 0 Å². The van der Waals surface area contributed by atoms with Gasteiger partial charge in [-0.1, -0.05) is 32.0 Å². The fourth-order valence-corrected chi connectivity index (χ4v) is 3.17. The predicted molar refractivity (Wildman–Crippen MR) is 89.6 cm³/mol. The number of aryl methyl sites for hydroxylation is 1. The smallest absolute Gasteiger partial charge is 0.263 e. The highest BCUT2D eigenvalue weighted by Crippen LogP contribution is 2.31. The molecule has 3 rings (SSSR count). The molecule has 1 aliphatic heterocycles. The Bertz CT molecular complexity index is 781. The van der Waals surface area contributed by atoms with Gasteiger partial charge in [-0.2, -0.15) is 0 Å². The maximum Gasteiger partial charge on any atom is 0.263 e. The third-order valence-electron chi connectivity index (χ3n) is 4.53. The fraction of sp³-hybridized carbons (Fsp3) is 0.389. The molecule has 5 heteroatoms. The van der Waals surface area contributed by atoms with E-state index in [0.29, 0.717) is 29.9 Å². The zero-order valence-corrected chi connectivity index (χ0v) is 13.8. The van der Waals surface area contributed by atoms with E-state index in [1.807, 2.05) is 24.3 Å². The third kappa shape index (κ3) is 2.51. The van der Waals surface area contributed by atoms with Gasteiger partial charge >= 0.3 is 0 Å². The molecule has 0 aliphatic carbocycles. The van der Waals surface area contributed by atoms with Crippen molar-refractivity contribution < 1.29 is 9.59 Å². The first-order valence-corrected chi connectivity index (χ1v) is 8.06. The molecule has 23 heavy (non-hydrogen) atoms. The van der Waals surface area contributed by atoms with Gasteiger partial charge < -0.3 is 4.90 Å². The van der Waals surface area contributed by atoms with Gasteiger partial charge in [0.1, 0.15) is 0 Å². The number of carbonyl (C=O) groups is 2. The second-order valence-corrected chi connectivity index (χ2v) is 5.75. The summed E-state index contributed by atoms with van der Waals surface area (Å²) in [4.78, 5) is 33.6. The molecule has 0 radical (unpaired) electrons. The number of amides is 2. The number of fused-ring (bicyclic) bond motifs is 3. The van der Waals surface area contributed by atoms with E-state index in [4.69, 9.17) is 0 Å². The number of hydrogen-bond donors (Lipinski definition) is 0. The van der Waals surface area contributed by atoms with Crippen molar-refractivity contribution in [1.82, 2.24) is 14.8 Å². The highest BCUT2D eigenvalue weighted by molar-refractivity contribution is 6.26. The lowest BCUT2D eigenvalue weighted by Gasteiger charge is -2.21. The van der Waals surface area contributed by atoms with Crippen LogP contribution in [0.25, 0.3) is 10.9 Å². The van der Waals surface area contributed by atoms with Crippen LogP contribution in [0.1, 0.15) is 40.3 Å². The van der Waals surface area contributed by atoms with Crippen LogP contribution in [-0.2, 0) is 0 Å². The first-order chi connectivity index (χ1) is 11.1. The standard InChI is InChI=1S/C18H21N3O2/c1-4-20(5-2)10-11-21-17(22)15-12(3)19-14-9-7-6-8-13(14)16(15)18(21)23/h6-9H,4-5,10-11H2,1-3H3. The minimum Gasteiger partial charge on any atom is -0.302 e. The lowest BCUT2D eigenvalue weighted by molar-refractivity contribution is 0.0638. The molecular formula is C18H21N3O2. The highest BCUT2D eigenvalue weighted by atomic mass is 16.2. The number of hydrogen-bond acceptors (Lipinski definition) is 4. The van der Waals surface area contributed by atoms with E-state index in [1.165, 1.54) is 4.90 Å². The fourth-order valence-electron chi connectivity index (χ4n) is 3.17. The number of rotatable bonds is 5. The Labute approximate surface area is 135 Å². The third-order valence-corrected chi connectivity index (χ3v) is 4.53. The second-order valence-electron chi connectivity index (χ2n) is 5.75. The van der Waals surface area contributed by atoms with Gasteiger partial charge in [-0.25, -0.2) is 0 Å². The largest absolute Gasteiger partial charge is 0.302 e. The number of para-hydroxylation sites is 1. The molecule has 0 spiro atoms. The first kappa shape index (κ1) is 15.6. The number of benzene rings is 1. The molecule has 1 aromatic carbocycles. The Hall–Kier alpha value is -2.27. The van der Waals surface area contributed by atoms with Gasteiger partial charge in [0.25, 0.3) is 11.8 Å². The lowest BCUT2D eigenvalue weighted by atomic mass is 10.0. The van der Waals surface area contributed by atoms with Crippen molar-refractivity contribution in [3.8, 4) is 0 Å². The van der Waals surface area contributed by atoms with E-state index in [9.17, 15) is 9.59 Å². The van der Waals surface area contributed by atoms with Gasteiger partial charge in [-0.05, 0) is 26.1 Å². The van der Waals surface area contributed by atoms with Crippen molar-refractivity contribution in [3.63, 3.8) is 0 Å². The van der Waals surface area contributed by atoms with Gasteiger partial charge in [-0.3, -0.25) is 19.5 Å². The Morgan fingerprint density at radius 2 is 1.70 bits per heavy atom. The SMILES string of the molecule is CCN(CC)CCN1C(=O)c2c(C)nc3ccccc3c2C1=O. The molecular weight excluding hydrogens is 290 g/mol. The van der Waals surface area contributed by atoms with E-state index >= 15 is 0 Å². The lowest BCUT2D eigenvalue weighted by Crippen LogP contribution is -2.38. The molecule has 1 aliphatic rings. The molecule has 0 atom stereocenters. The molecule has 5 nitrogen and oxygen atoms in total. The number of aromatic nitrogens is 1. The van der Waals surface area contributed by atoms with Gasteiger partial charge in [0.15, 0.2) is 0 Å². The molecule has 2 amide bonds. The Morgan fingerprint density at radius 1 is 1.04 bits per heavy atom.